The second-order valence-corrected chi connectivity index (χ2v) is 6.79. The molecule has 0 fully saturated rings. The van der Waals surface area contributed by atoms with Crippen molar-refractivity contribution in [3.8, 4) is 11.1 Å². The summed E-state index contributed by atoms with van der Waals surface area (Å²) < 4.78 is 0. The zero-order chi connectivity index (χ0) is 18.1. The molecular weight excluding hydrogens is 326 g/mol. The normalized spacial score (nSPS) is 11.0. The Morgan fingerprint density at radius 1 is 0.407 bits per heavy atom. The molecule has 0 bridgehead atoms. The van der Waals surface area contributed by atoms with E-state index in [4.69, 9.17) is 0 Å². The van der Waals surface area contributed by atoms with E-state index in [0.717, 1.165) is 11.4 Å². The summed E-state index contributed by atoms with van der Waals surface area (Å²) in [5, 5.41) is 8.64. The van der Waals surface area contributed by atoms with Crippen LogP contribution in [0.5, 0.6) is 0 Å². The lowest BCUT2D eigenvalue weighted by molar-refractivity contribution is 1.55. The number of nitrogens with one attached hydrogen (secondary N) is 1. The average molecular weight is 345 g/mol. The van der Waals surface area contributed by atoms with Gasteiger partial charge in [-0.15, -0.1) is 0 Å². The maximum absolute atomic E-state index is 3.52. The minimum Gasteiger partial charge on any atom is -0.356 e. The van der Waals surface area contributed by atoms with Crippen LogP contribution in [0.1, 0.15) is 0 Å². The fourth-order valence-corrected chi connectivity index (χ4v) is 3.63. The number of anilines is 2. The van der Waals surface area contributed by atoms with Gasteiger partial charge < -0.3 is 5.32 Å². The Labute approximate surface area is 158 Å². The molecule has 0 amide bonds. The summed E-state index contributed by atoms with van der Waals surface area (Å²) in [6.07, 6.45) is 0. The first-order valence-electron chi connectivity index (χ1n) is 9.21. The molecule has 0 saturated carbocycles. The van der Waals surface area contributed by atoms with Crippen molar-refractivity contribution in [2.75, 3.05) is 5.32 Å². The molecule has 0 saturated heterocycles. The summed E-state index contributed by atoms with van der Waals surface area (Å²) >= 11 is 0. The number of benzene rings is 5. The average Bonchev–Trinajstić information content (AvgIpc) is 2.75. The van der Waals surface area contributed by atoms with Crippen LogP contribution in [-0.4, -0.2) is 0 Å². The maximum atomic E-state index is 3.52. The van der Waals surface area contributed by atoms with E-state index < -0.39 is 0 Å². The van der Waals surface area contributed by atoms with E-state index in [1.165, 1.54) is 32.7 Å². The third-order valence-electron chi connectivity index (χ3n) is 5.03. The number of hydrogen-bond donors (Lipinski definition) is 1. The standard InChI is InChI=1S/C26H19N/c1-2-6-19(7-3-1)20-12-14-23(15-13-20)27-24-16-17-26-22(18-24)11-10-21-8-4-5-9-25(21)26/h1-18,27H. The summed E-state index contributed by atoms with van der Waals surface area (Å²) in [5.74, 6) is 0. The van der Waals surface area contributed by atoms with Gasteiger partial charge in [-0.05, 0) is 56.9 Å². The lowest BCUT2D eigenvalue weighted by Crippen LogP contribution is -1.90. The maximum Gasteiger partial charge on any atom is 0.0390 e. The van der Waals surface area contributed by atoms with Gasteiger partial charge in [0, 0.05) is 11.4 Å². The highest BCUT2D eigenvalue weighted by Crippen LogP contribution is 2.29. The van der Waals surface area contributed by atoms with Crippen molar-refractivity contribution in [1.29, 1.82) is 0 Å². The minimum atomic E-state index is 1.09. The van der Waals surface area contributed by atoms with Gasteiger partial charge in [0.15, 0.2) is 0 Å². The van der Waals surface area contributed by atoms with Gasteiger partial charge in [-0.1, -0.05) is 84.9 Å². The van der Waals surface area contributed by atoms with E-state index in [1.807, 2.05) is 6.07 Å². The van der Waals surface area contributed by atoms with Crippen LogP contribution in [0.25, 0.3) is 32.7 Å². The topological polar surface area (TPSA) is 12.0 Å². The van der Waals surface area contributed by atoms with Gasteiger partial charge in [0.2, 0.25) is 0 Å². The van der Waals surface area contributed by atoms with Crippen LogP contribution < -0.4 is 5.32 Å². The molecule has 0 aliphatic heterocycles. The summed E-state index contributed by atoms with van der Waals surface area (Å²) in [7, 11) is 0. The third kappa shape index (κ3) is 3.04. The van der Waals surface area contributed by atoms with Crippen molar-refractivity contribution >= 4 is 32.9 Å². The van der Waals surface area contributed by atoms with Crippen LogP contribution in [0.15, 0.2) is 109 Å². The molecule has 1 nitrogen and oxygen atoms in total. The first-order valence-corrected chi connectivity index (χ1v) is 9.21. The third-order valence-corrected chi connectivity index (χ3v) is 5.03. The van der Waals surface area contributed by atoms with Gasteiger partial charge >= 0.3 is 0 Å². The van der Waals surface area contributed by atoms with Gasteiger partial charge in [-0.3, -0.25) is 0 Å². The largest absolute Gasteiger partial charge is 0.356 e. The lowest BCUT2D eigenvalue weighted by Gasteiger charge is -2.10. The molecule has 0 radical (unpaired) electrons. The summed E-state index contributed by atoms with van der Waals surface area (Å²) in [6.45, 7) is 0. The zero-order valence-corrected chi connectivity index (χ0v) is 14.9. The fraction of sp³-hybridized carbons (Fsp3) is 0. The van der Waals surface area contributed by atoms with Crippen molar-refractivity contribution in [3.63, 3.8) is 0 Å². The van der Waals surface area contributed by atoms with E-state index in [0.29, 0.717) is 0 Å². The van der Waals surface area contributed by atoms with Crippen LogP contribution in [0, 0.1) is 0 Å². The van der Waals surface area contributed by atoms with Crippen molar-refractivity contribution < 1.29 is 0 Å². The van der Waals surface area contributed by atoms with Gasteiger partial charge in [-0.25, -0.2) is 0 Å². The van der Waals surface area contributed by atoms with Gasteiger partial charge in [0.1, 0.15) is 0 Å². The smallest absolute Gasteiger partial charge is 0.0390 e. The Morgan fingerprint density at radius 2 is 1.04 bits per heavy atom. The summed E-state index contributed by atoms with van der Waals surface area (Å²) in [6, 6.07) is 38.5. The Hall–Kier alpha value is -3.58. The van der Waals surface area contributed by atoms with Crippen LogP contribution in [0.4, 0.5) is 11.4 Å². The first kappa shape index (κ1) is 15.7. The molecule has 1 N–H and O–H groups in total. The monoisotopic (exact) mass is 345 g/mol. The molecule has 0 unspecified atom stereocenters. The summed E-state index contributed by atoms with van der Waals surface area (Å²) in [4.78, 5) is 0. The Balaban J connectivity index is 1.45. The SMILES string of the molecule is c1ccc(-c2ccc(Nc3ccc4c(ccc5ccccc54)c3)cc2)cc1. The van der Waals surface area contributed by atoms with E-state index in [9.17, 15) is 0 Å². The molecular formula is C26H19N. The molecule has 5 aromatic carbocycles. The molecule has 128 valence electrons. The van der Waals surface area contributed by atoms with Crippen LogP contribution in [0.3, 0.4) is 0 Å². The highest BCUT2D eigenvalue weighted by atomic mass is 14.9. The zero-order valence-electron chi connectivity index (χ0n) is 14.9. The molecule has 0 heterocycles. The van der Waals surface area contributed by atoms with Gasteiger partial charge in [0.05, 0.1) is 0 Å². The first-order chi connectivity index (χ1) is 13.4. The van der Waals surface area contributed by atoms with Crippen molar-refractivity contribution in [1.82, 2.24) is 0 Å². The van der Waals surface area contributed by atoms with Crippen molar-refractivity contribution in [3.05, 3.63) is 109 Å². The number of hydrogen-bond acceptors (Lipinski definition) is 1. The molecule has 5 aromatic rings. The summed E-state index contributed by atoms with van der Waals surface area (Å²) in [5.41, 5.74) is 4.66. The molecule has 0 atom stereocenters. The highest BCUT2D eigenvalue weighted by molar-refractivity contribution is 6.08. The fourth-order valence-electron chi connectivity index (χ4n) is 3.63. The van der Waals surface area contributed by atoms with Gasteiger partial charge in [0.25, 0.3) is 0 Å². The van der Waals surface area contributed by atoms with E-state index in [2.05, 4.69) is 108 Å². The molecule has 0 aliphatic carbocycles. The molecule has 0 spiro atoms. The molecule has 27 heavy (non-hydrogen) atoms. The Bertz CT molecular complexity index is 1220. The van der Waals surface area contributed by atoms with Crippen LogP contribution in [0.2, 0.25) is 0 Å². The van der Waals surface area contributed by atoms with Crippen molar-refractivity contribution in [2.24, 2.45) is 0 Å². The second kappa shape index (κ2) is 6.62. The van der Waals surface area contributed by atoms with E-state index in [-0.39, 0.29) is 0 Å². The number of fused-ring (bicyclic) bond motifs is 3. The predicted octanol–water partition coefficient (Wildman–Crippen LogP) is 7.40. The van der Waals surface area contributed by atoms with E-state index in [1.54, 1.807) is 0 Å². The Morgan fingerprint density at radius 3 is 1.89 bits per heavy atom. The van der Waals surface area contributed by atoms with Crippen LogP contribution >= 0.6 is 0 Å². The second-order valence-electron chi connectivity index (χ2n) is 6.79. The highest BCUT2D eigenvalue weighted by Gasteiger charge is 2.03. The van der Waals surface area contributed by atoms with Gasteiger partial charge in [-0.2, -0.15) is 0 Å². The molecule has 1 heteroatoms. The van der Waals surface area contributed by atoms with E-state index >= 15 is 0 Å². The lowest BCUT2D eigenvalue weighted by atomic mass is 10.0. The molecule has 5 rings (SSSR count). The van der Waals surface area contributed by atoms with Crippen LogP contribution in [-0.2, 0) is 0 Å². The minimum absolute atomic E-state index is 1.09. The number of rotatable bonds is 3. The predicted molar refractivity (Wildman–Crippen MR) is 117 cm³/mol. The molecule has 0 aliphatic rings. The Kier molecular flexibility index (Phi) is 3.84. The van der Waals surface area contributed by atoms with Crippen molar-refractivity contribution in [2.45, 2.75) is 0 Å². The quantitative estimate of drug-likeness (QED) is 0.336. The molecule has 0 aromatic heterocycles.